The molecule has 4 heterocycles. The van der Waals surface area contributed by atoms with Gasteiger partial charge in [0.1, 0.15) is 43.2 Å². The SMILES string of the molecule is O=C(O[C@@H]1O[C@@H]2COC(=O)c3cc(Oc4c(C(=O)O[C@@H]5O[C@@H]6COC(=O)c7cc(O)c(O)c(O)c7-c7c(cc(O)c(O)c7O)C(=O)O[C@H]6[C@H](OC(=O)c6cc(O)c(O)c(O)c6)[C@H]5OC(=O)c5cc(O)c(O)c(O)c5)cc(O)c(O)c4O)c(O)c(O)c3-c3c(cc(O)c(O)c3O)C(=O)O[C@H]2[C@H](O)[C@H]1O)c1cc(O)c(O)c(O)c1. The number of carbonyl (C=O) groups is 8. The van der Waals surface area contributed by atoms with Crippen molar-refractivity contribution in [3.05, 3.63) is 111 Å². The number of cyclic esters (lactones) is 2. The molecule has 0 saturated carbocycles. The molecule has 4 aliphatic heterocycles. The zero-order valence-electron chi connectivity index (χ0n) is 55.0. The summed E-state index contributed by atoms with van der Waals surface area (Å²) in [6, 6.07) is 4.07. The fourth-order valence-electron chi connectivity index (χ4n) is 11.8. The average Bonchev–Trinajstić information content (AvgIpc) is 0.952. The third-order valence-electron chi connectivity index (χ3n) is 17.3. The van der Waals surface area contributed by atoms with Crippen molar-refractivity contribution in [3.8, 4) is 166 Å². The number of aliphatic hydroxyl groups excluding tert-OH is 2. The number of carbonyl (C=O) groups excluding carboxylic acids is 8. The van der Waals surface area contributed by atoms with Gasteiger partial charge in [-0.2, -0.15) is 0 Å². The van der Waals surface area contributed by atoms with Crippen LogP contribution in [-0.2, 0) is 47.4 Å². The summed E-state index contributed by atoms with van der Waals surface area (Å²) in [4.78, 5) is 116. The molecule has 0 unspecified atom stereocenters. The second kappa shape index (κ2) is 28.4. The molecule has 8 aromatic carbocycles. The van der Waals surface area contributed by atoms with Gasteiger partial charge in [0, 0.05) is 34.4 Å². The van der Waals surface area contributed by atoms with E-state index in [0.717, 1.165) is 0 Å². The van der Waals surface area contributed by atoms with Gasteiger partial charge in [-0.15, -0.1) is 0 Å². The molecule has 0 spiro atoms. The highest BCUT2D eigenvalue weighted by atomic mass is 16.8. The summed E-state index contributed by atoms with van der Waals surface area (Å²) in [6.07, 6.45) is -26.0. The van der Waals surface area contributed by atoms with Gasteiger partial charge in [-0.05, 0) is 54.6 Å². The van der Waals surface area contributed by atoms with E-state index in [9.17, 15) is 161 Å². The first-order chi connectivity index (χ1) is 52.7. The van der Waals surface area contributed by atoms with Crippen molar-refractivity contribution in [1.29, 1.82) is 0 Å². The molecule has 586 valence electrons. The van der Waals surface area contributed by atoms with Crippen LogP contribution in [-0.4, -0.2) is 250 Å². The number of phenols is 23. The summed E-state index contributed by atoms with van der Waals surface area (Å²) in [5.74, 6) is -51.3. The van der Waals surface area contributed by atoms with Crippen LogP contribution in [0, 0.1) is 0 Å². The molecule has 4 aliphatic rings. The van der Waals surface area contributed by atoms with Crippen LogP contribution in [0.5, 0.6) is 144 Å². The lowest BCUT2D eigenvalue weighted by Gasteiger charge is -2.43. The van der Waals surface area contributed by atoms with Crippen molar-refractivity contribution >= 4 is 47.8 Å². The molecule has 0 amide bonds. The van der Waals surface area contributed by atoms with Gasteiger partial charge >= 0.3 is 47.8 Å². The normalized spacial score (nSPS) is 20.7. The average molecular weight is 1570 g/mol. The lowest BCUT2D eigenvalue weighted by molar-refractivity contribution is -0.284. The summed E-state index contributed by atoms with van der Waals surface area (Å²) in [5.41, 5.74) is -14.4. The molecule has 12 rings (SSSR count). The first-order valence-electron chi connectivity index (χ1n) is 31.1. The molecule has 2 fully saturated rings. The second-order valence-corrected chi connectivity index (χ2v) is 24.3. The summed E-state index contributed by atoms with van der Waals surface area (Å²) >= 11 is 0. The number of aromatic hydroxyl groups is 23. The molecule has 10 atom stereocenters. The standard InChI is InChI=1S/C68H50O44/c69-22-1-14(2-23(70)39(22)79)59(94)109-57-56-34(13-103-62(97)17-7-28(75)42(82)47(87)35(17)36-19(65(100)108-56)9-30(77)43(83)48(36)88)106-68(58(57)110-60(95)15-3-24(71)40(80)25(72)4-15)112-66(101)21-10-31(78)45(85)51(91)54(21)104-32-11-20-38(50(90)46(32)86)37-18(8-29(76)44(84)49(37)89)64(99)107-55-33(12-102-63(20)98)105-67(53(93)52(55)92)111-61(96)16-5-26(73)41(81)27(74)6-16/h1-11,33-34,52-53,55-58,67-93H,12-13H2/t33-,34-,52-,53-,55-,56-,57+,58-,67+,68+/m1/s1. The topological polar surface area (TPSA) is 744 Å². The predicted octanol–water partition coefficient (Wildman–Crippen LogP) is 1.77. The fraction of sp³-hybridized carbons (Fsp3) is 0.176. The van der Waals surface area contributed by atoms with Gasteiger partial charge in [0.2, 0.25) is 53.2 Å². The Kier molecular flexibility index (Phi) is 19.3. The van der Waals surface area contributed by atoms with Crippen molar-refractivity contribution in [2.45, 2.75) is 61.4 Å². The van der Waals surface area contributed by atoms with Crippen LogP contribution in [0.3, 0.4) is 0 Å². The van der Waals surface area contributed by atoms with Crippen LogP contribution in [0.15, 0.2) is 66.7 Å². The molecule has 8 aromatic rings. The number of esters is 8. The Labute approximate surface area is 616 Å². The van der Waals surface area contributed by atoms with Crippen LogP contribution >= 0.6 is 0 Å². The Morgan fingerprint density at radius 2 is 0.634 bits per heavy atom. The molecule has 44 heteroatoms. The Hall–Kier alpha value is -15.4. The number of aliphatic hydroxyl groups is 2. The fourth-order valence-corrected chi connectivity index (χ4v) is 11.8. The molecule has 0 aliphatic carbocycles. The number of ether oxygens (including phenoxy) is 11. The lowest BCUT2D eigenvalue weighted by Crippen LogP contribution is -2.63. The minimum atomic E-state index is -3.04. The Morgan fingerprint density at radius 1 is 0.312 bits per heavy atom. The molecular formula is C68H50O44. The molecule has 2 saturated heterocycles. The number of fused-ring (bicyclic) bond motifs is 8. The summed E-state index contributed by atoms with van der Waals surface area (Å²) < 4.78 is 61.4. The quantitative estimate of drug-likeness (QED) is 0.0527. The van der Waals surface area contributed by atoms with Crippen LogP contribution in [0.1, 0.15) is 82.9 Å². The number of hydrogen-bond donors (Lipinski definition) is 25. The third kappa shape index (κ3) is 13.2. The van der Waals surface area contributed by atoms with Gasteiger partial charge in [0.25, 0.3) is 0 Å². The monoisotopic (exact) mass is 1570 g/mol. The van der Waals surface area contributed by atoms with Gasteiger partial charge in [0.15, 0.2) is 128 Å². The Balaban J connectivity index is 0.980. The highest BCUT2D eigenvalue weighted by Crippen LogP contribution is 2.58. The number of rotatable bonds is 10. The van der Waals surface area contributed by atoms with Crippen LogP contribution in [0.4, 0.5) is 0 Å². The van der Waals surface area contributed by atoms with E-state index < -0.39 is 333 Å². The first-order valence-corrected chi connectivity index (χ1v) is 31.1. The predicted molar refractivity (Wildman–Crippen MR) is 345 cm³/mol. The van der Waals surface area contributed by atoms with Crippen molar-refractivity contribution in [1.82, 2.24) is 0 Å². The molecular weight excluding hydrogens is 1520 g/mol. The van der Waals surface area contributed by atoms with Crippen LogP contribution < -0.4 is 4.74 Å². The van der Waals surface area contributed by atoms with E-state index in [1.807, 2.05) is 0 Å². The van der Waals surface area contributed by atoms with Gasteiger partial charge in [-0.3, -0.25) is 0 Å². The van der Waals surface area contributed by atoms with Gasteiger partial charge in [0.05, 0.1) is 38.9 Å². The van der Waals surface area contributed by atoms with E-state index >= 15 is 4.79 Å². The van der Waals surface area contributed by atoms with E-state index in [1.165, 1.54) is 0 Å². The number of phenolic OH excluding ortho intramolecular Hbond substituents is 23. The van der Waals surface area contributed by atoms with Gasteiger partial charge < -0.3 is 180 Å². The summed E-state index contributed by atoms with van der Waals surface area (Å²) in [7, 11) is 0. The van der Waals surface area contributed by atoms with Crippen molar-refractivity contribution < 1.29 is 218 Å². The zero-order chi connectivity index (χ0) is 81.7. The summed E-state index contributed by atoms with van der Waals surface area (Å²) in [6.45, 7) is -2.90. The maximum atomic E-state index is 15.2. The van der Waals surface area contributed by atoms with Crippen molar-refractivity contribution in [3.63, 3.8) is 0 Å². The smallest absolute Gasteiger partial charge is 0.344 e. The summed E-state index contributed by atoms with van der Waals surface area (Å²) in [5, 5.41) is 271. The van der Waals surface area contributed by atoms with Crippen molar-refractivity contribution in [2.75, 3.05) is 13.2 Å². The molecule has 112 heavy (non-hydrogen) atoms. The number of hydrogen-bond acceptors (Lipinski definition) is 44. The minimum Gasteiger partial charge on any atom is -0.504 e. The Morgan fingerprint density at radius 3 is 1.06 bits per heavy atom. The highest BCUT2D eigenvalue weighted by molar-refractivity contribution is 6.10. The van der Waals surface area contributed by atoms with Crippen LogP contribution in [0.25, 0.3) is 22.3 Å². The Bertz CT molecular complexity index is 5320. The van der Waals surface area contributed by atoms with E-state index in [0.29, 0.717) is 48.5 Å². The molecule has 0 radical (unpaired) electrons. The molecule has 44 nitrogen and oxygen atoms in total. The maximum absolute atomic E-state index is 15.2. The number of benzene rings is 8. The zero-order valence-corrected chi connectivity index (χ0v) is 55.0. The maximum Gasteiger partial charge on any atom is 0.344 e. The second-order valence-electron chi connectivity index (χ2n) is 24.3. The van der Waals surface area contributed by atoms with E-state index in [-0.39, 0.29) is 18.2 Å². The van der Waals surface area contributed by atoms with Gasteiger partial charge in [-0.25, -0.2) is 38.4 Å². The largest absolute Gasteiger partial charge is 0.504 e. The van der Waals surface area contributed by atoms with E-state index in [2.05, 4.69) is 0 Å². The van der Waals surface area contributed by atoms with Crippen molar-refractivity contribution in [2.24, 2.45) is 0 Å². The first kappa shape index (κ1) is 76.2. The molecule has 0 aromatic heterocycles. The lowest BCUT2D eigenvalue weighted by atomic mass is 9.91. The van der Waals surface area contributed by atoms with Gasteiger partial charge in [-0.1, -0.05) is 0 Å². The minimum absolute atomic E-state index is 0.138. The molecule has 25 N–H and O–H groups in total. The van der Waals surface area contributed by atoms with E-state index in [4.69, 9.17) is 52.1 Å². The molecule has 0 bridgehead atoms. The highest BCUT2D eigenvalue weighted by Gasteiger charge is 2.56. The van der Waals surface area contributed by atoms with Crippen LogP contribution in [0.2, 0.25) is 0 Å². The third-order valence-corrected chi connectivity index (χ3v) is 17.3. The van der Waals surface area contributed by atoms with E-state index in [1.54, 1.807) is 0 Å².